The van der Waals surface area contributed by atoms with E-state index in [9.17, 15) is 4.79 Å². The summed E-state index contributed by atoms with van der Waals surface area (Å²) in [5, 5.41) is 9.19. The van der Waals surface area contributed by atoms with Crippen molar-refractivity contribution < 1.29 is 9.18 Å². The van der Waals surface area contributed by atoms with Crippen LogP contribution in [0.4, 0.5) is 15.0 Å². The number of fused-ring (bicyclic) bond motifs is 3. The second-order valence-corrected chi connectivity index (χ2v) is 8.23. The lowest BCUT2D eigenvalue weighted by Gasteiger charge is -2.36. The van der Waals surface area contributed by atoms with E-state index in [2.05, 4.69) is 15.4 Å². The molecule has 0 aliphatic carbocycles. The van der Waals surface area contributed by atoms with E-state index in [0.717, 1.165) is 22.0 Å². The number of piperidine rings is 1. The molecule has 2 aromatic heterocycles. The number of likely N-dealkylation sites (tertiary alicyclic amines) is 1. The lowest BCUT2D eigenvalue weighted by molar-refractivity contribution is 0.0696. The Kier molecular flexibility index (Phi) is 4.80. The number of aryl methyl sites for hydroxylation is 1. The zero-order valence-corrected chi connectivity index (χ0v) is 17.1. The third-order valence-electron chi connectivity index (χ3n) is 5.67. The molecule has 0 spiro atoms. The zero-order chi connectivity index (χ0) is 20.8. The molecule has 0 saturated carbocycles. The Labute approximate surface area is 169 Å². The van der Waals surface area contributed by atoms with Crippen LogP contribution in [0.25, 0.3) is 21.8 Å². The van der Waals surface area contributed by atoms with E-state index in [4.69, 9.17) is 5.73 Å². The highest BCUT2D eigenvalue weighted by Gasteiger charge is 2.38. The first-order valence-corrected chi connectivity index (χ1v) is 10.0. The molecule has 0 bridgehead atoms. The van der Waals surface area contributed by atoms with E-state index >= 15 is 4.39 Å². The topological polar surface area (TPSA) is 89.1 Å². The van der Waals surface area contributed by atoms with Crippen LogP contribution in [0.3, 0.4) is 0 Å². The number of halogens is 1. The Morgan fingerprint density at radius 2 is 2.00 bits per heavy atom. The van der Waals surface area contributed by atoms with Crippen LogP contribution in [0.5, 0.6) is 0 Å². The largest absolute Gasteiger partial charge is 0.382 e. The molecule has 2 amide bonds. The fourth-order valence-electron chi connectivity index (χ4n) is 4.11. The number of aromatic nitrogens is 3. The van der Waals surface area contributed by atoms with Gasteiger partial charge < -0.3 is 16.0 Å². The first-order chi connectivity index (χ1) is 13.8. The van der Waals surface area contributed by atoms with E-state index in [0.29, 0.717) is 37.3 Å². The smallest absolute Gasteiger partial charge is 0.317 e. The normalized spacial score (nSPS) is 16.7. The summed E-state index contributed by atoms with van der Waals surface area (Å²) < 4.78 is 17.5. The number of benzene rings is 1. The summed E-state index contributed by atoms with van der Waals surface area (Å²) in [7, 11) is 1.82. The molecule has 0 unspecified atom stereocenters. The number of nitrogens with zero attached hydrogens (tertiary/aromatic N) is 4. The Hall–Kier alpha value is -2.90. The number of pyridine rings is 1. The van der Waals surface area contributed by atoms with Gasteiger partial charge in [0.1, 0.15) is 11.2 Å². The molecule has 4 rings (SSSR count). The lowest BCUT2D eigenvalue weighted by atomic mass is 9.87. The van der Waals surface area contributed by atoms with Crippen molar-refractivity contribution in [3.8, 4) is 0 Å². The quantitative estimate of drug-likeness (QED) is 0.709. The number of nitrogen functional groups attached to an aromatic ring is 1. The van der Waals surface area contributed by atoms with Gasteiger partial charge in [-0.2, -0.15) is 5.10 Å². The number of anilines is 1. The van der Waals surface area contributed by atoms with Gasteiger partial charge in [-0.1, -0.05) is 18.2 Å². The number of alkyl halides is 1. The van der Waals surface area contributed by atoms with Crippen LogP contribution in [0.1, 0.15) is 32.4 Å². The average molecular weight is 398 g/mol. The number of hydrogen-bond acceptors (Lipinski definition) is 4. The molecule has 3 N–H and O–H groups in total. The zero-order valence-electron chi connectivity index (χ0n) is 17.1. The number of amides is 2. The monoisotopic (exact) mass is 398 g/mol. The third-order valence-corrected chi connectivity index (χ3v) is 5.67. The maximum Gasteiger partial charge on any atom is 0.317 e. The highest BCUT2D eigenvalue weighted by atomic mass is 19.1. The minimum atomic E-state index is -1.39. The Morgan fingerprint density at radius 1 is 1.31 bits per heavy atom. The molecule has 3 heterocycles. The van der Waals surface area contributed by atoms with Crippen LogP contribution in [-0.2, 0) is 13.5 Å². The number of nitrogens with one attached hydrogen (secondary N) is 1. The Balaban J connectivity index is 1.63. The number of rotatable bonds is 3. The molecule has 154 valence electrons. The SMILES string of the molecule is CC(C)NC(=O)N1CCC(F)(Cc2c3c(nn2C)c(N)nc2ccccc23)CC1. The number of urea groups is 1. The summed E-state index contributed by atoms with van der Waals surface area (Å²) in [6.45, 7) is 4.63. The van der Waals surface area contributed by atoms with Crippen LogP contribution in [0.15, 0.2) is 24.3 Å². The molecule has 8 heteroatoms. The van der Waals surface area contributed by atoms with Crippen molar-refractivity contribution in [3.63, 3.8) is 0 Å². The van der Waals surface area contributed by atoms with Gasteiger partial charge in [0.25, 0.3) is 0 Å². The summed E-state index contributed by atoms with van der Waals surface area (Å²) in [6.07, 6.45) is 0.820. The fourth-order valence-corrected chi connectivity index (χ4v) is 4.11. The van der Waals surface area contributed by atoms with Crippen LogP contribution in [0.2, 0.25) is 0 Å². The molecule has 29 heavy (non-hydrogen) atoms. The molecule has 1 aromatic carbocycles. The van der Waals surface area contributed by atoms with Crippen molar-refractivity contribution in [2.75, 3.05) is 18.8 Å². The van der Waals surface area contributed by atoms with Gasteiger partial charge in [0.2, 0.25) is 0 Å². The molecule has 1 aliphatic rings. The van der Waals surface area contributed by atoms with E-state index in [1.165, 1.54) is 0 Å². The summed E-state index contributed by atoms with van der Waals surface area (Å²) in [5.74, 6) is 0.355. The summed E-state index contributed by atoms with van der Waals surface area (Å²) in [6, 6.07) is 7.65. The minimum absolute atomic E-state index is 0.0627. The number of hydrogen-bond donors (Lipinski definition) is 2. The number of nitrogens with two attached hydrogens (primary N) is 1. The molecule has 0 atom stereocenters. The van der Waals surface area contributed by atoms with Gasteiger partial charge >= 0.3 is 6.03 Å². The number of carbonyl (C=O) groups is 1. The first-order valence-electron chi connectivity index (χ1n) is 10.0. The van der Waals surface area contributed by atoms with Gasteiger partial charge in [-0.25, -0.2) is 14.2 Å². The highest BCUT2D eigenvalue weighted by molar-refractivity contribution is 6.09. The summed E-state index contributed by atoms with van der Waals surface area (Å²) in [4.78, 5) is 18.3. The molecule has 3 aromatic rings. The summed E-state index contributed by atoms with van der Waals surface area (Å²) in [5.41, 5.74) is 6.94. The van der Waals surface area contributed by atoms with Crippen molar-refractivity contribution in [1.29, 1.82) is 0 Å². The Morgan fingerprint density at radius 3 is 2.69 bits per heavy atom. The Bertz CT molecular complexity index is 1070. The van der Waals surface area contributed by atoms with E-state index in [1.54, 1.807) is 9.58 Å². The van der Waals surface area contributed by atoms with Gasteiger partial charge in [-0.15, -0.1) is 0 Å². The fraction of sp³-hybridized carbons (Fsp3) is 0.476. The van der Waals surface area contributed by atoms with Crippen molar-refractivity contribution in [3.05, 3.63) is 30.0 Å². The first kappa shape index (κ1) is 19.4. The second-order valence-electron chi connectivity index (χ2n) is 8.23. The predicted octanol–water partition coefficient (Wildman–Crippen LogP) is 3.17. The van der Waals surface area contributed by atoms with E-state index < -0.39 is 5.67 Å². The number of carbonyl (C=O) groups excluding carboxylic acids is 1. The molecular formula is C21H27FN6O. The van der Waals surface area contributed by atoms with Gasteiger partial charge in [0, 0.05) is 49.1 Å². The van der Waals surface area contributed by atoms with Gasteiger partial charge in [-0.05, 0) is 32.8 Å². The molecular weight excluding hydrogens is 371 g/mol. The number of para-hydroxylation sites is 1. The highest BCUT2D eigenvalue weighted by Crippen LogP contribution is 2.36. The average Bonchev–Trinajstić information content (AvgIpc) is 2.99. The van der Waals surface area contributed by atoms with Crippen molar-refractivity contribution >= 4 is 33.7 Å². The van der Waals surface area contributed by atoms with Crippen LogP contribution >= 0.6 is 0 Å². The van der Waals surface area contributed by atoms with Gasteiger partial charge in [-0.3, -0.25) is 4.68 Å². The van der Waals surface area contributed by atoms with E-state index in [1.807, 2.05) is 45.2 Å². The van der Waals surface area contributed by atoms with Crippen molar-refractivity contribution in [1.82, 2.24) is 25.0 Å². The molecule has 7 nitrogen and oxygen atoms in total. The molecule has 0 radical (unpaired) electrons. The second kappa shape index (κ2) is 7.17. The van der Waals surface area contributed by atoms with E-state index in [-0.39, 0.29) is 18.5 Å². The molecule has 1 aliphatic heterocycles. The van der Waals surface area contributed by atoms with Crippen LogP contribution in [-0.4, -0.2) is 50.5 Å². The van der Waals surface area contributed by atoms with Crippen LogP contribution in [0, 0.1) is 0 Å². The van der Waals surface area contributed by atoms with Crippen molar-refractivity contribution in [2.24, 2.45) is 7.05 Å². The molecule has 1 fully saturated rings. The lowest BCUT2D eigenvalue weighted by Crippen LogP contribution is -2.50. The maximum absolute atomic E-state index is 15.8. The minimum Gasteiger partial charge on any atom is -0.382 e. The standard InChI is InChI=1S/C21H27FN6O/c1-13(2)24-20(29)28-10-8-21(22,9-11-28)12-16-17-14-6-4-5-7-15(14)25-19(23)18(17)26-27(16)3/h4-7,13H,8-12H2,1-3H3,(H2,23,25)(H,24,29). The van der Waals surface area contributed by atoms with Crippen molar-refractivity contribution in [2.45, 2.75) is 44.8 Å². The third kappa shape index (κ3) is 3.59. The van der Waals surface area contributed by atoms with Gasteiger partial charge in [0.15, 0.2) is 5.82 Å². The summed E-state index contributed by atoms with van der Waals surface area (Å²) >= 11 is 0. The van der Waals surface area contributed by atoms with Crippen LogP contribution < -0.4 is 11.1 Å². The maximum atomic E-state index is 15.8. The van der Waals surface area contributed by atoms with Gasteiger partial charge in [0.05, 0.1) is 5.52 Å². The molecule has 1 saturated heterocycles. The predicted molar refractivity (Wildman–Crippen MR) is 112 cm³/mol.